The molecule has 0 aliphatic rings. The SMILES string of the molecule is N#Cc1c(C(C#N)c2ccccc2)c(C#N)c2ccccn2c1=O. The lowest BCUT2D eigenvalue weighted by atomic mass is 9.86. The Morgan fingerprint density at radius 1 is 0.875 bits per heavy atom. The van der Waals surface area contributed by atoms with Crippen LogP contribution < -0.4 is 5.56 Å². The molecule has 0 radical (unpaired) electrons. The van der Waals surface area contributed by atoms with Gasteiger partial charge in [0.1, 0.15) is 17.7 Å². The lowest BCUT2D eigenvalue weighted by Gasteiger charge is -2.15. The molecule has 0 saturated carbocycles. The molecule has 5 nitrogen and oxygen atoms in total. The minimum Gasteiger partial charge on any atom is -0.282 e. The molecule has 0 spiro atoms. The maximum Gasteiger partial charge on any atom is 0.273 e. The summed E-state index contributed by atoms with van der Waals surface area (Å²) in [4.78, 5) is 12.6. The highest BCUT2D eigenvalue weighted by Crippen LogP contribution is 2.30. The van der Waals surface area contributed by atoms with E-state index in [1.165, 1.54) is 10.6 Å². The molecule has 0 aliphatic carbocycles. The minimum atomic E-state index is -0.867. The van der Waals surface area contributed by atoms with Gasteiger partial charge in [-0.3, -0.25) is 9.20 Å². The average molecular weight is 310 g/mol. The van der Waals surface area contributed by atoms with E-state index in [9.17, 15) is 20.6 Å². The Balaban J connectivity index is 2.48. The van der Waals surface area contributed by atoms with Gasteiger partial charge in [-0.15, -0.1) is 0 Å². The predicted octanol–water partition coefficient (Wildman–Crippen LogP) is 2.70. The third-order valence-corrected chi connectivity index (χ3v) is 3.86. The predicted molar refractivity (Wildman–Crippen MR) is 87.0 cm³/mol. The van der Waals surface area contributed by atoms with E-state index in [1.807, 2.05) is 12.1 Å². The van der Waals surface area contributed by atoms with Crippen LogP contribution in [0.2, 0.25) is 0 Å². The van der Waals surface area contributed by atoms with Crippen molar-refractivity contribution in [2.75, 3.05) is 0 Å². The van der Waals surface area contributed by atoms with E-state index in [0.29, 0.717) is 11.1 Å². The summed E-state index contributed by atoms with van der Waals surface area (Å²) in [6.07, 6.45) is 1.51. The first-order valence-electron chi connectivity index (χ1n) is 7.15. The average Bonchev–Trinajstić information content (AvgIpc) is 2.64. The first-order valence-corrected chi connectivity index (χ1v) is 7.15. The van der Waals surface area contributed by atoms with Gasteiger partial charge in [0.25, 0.3) is 5.56 Å². The van der Waals surface area contributed by atoms with Crippen LogP contribution in [0.1, 0.15) is 28.2 Å². The van der Waals surface area contributed by atoms with Crippen LogP contribution in [0.3, 0.4) is 0 Å². The largest absolute Gasteiger partial charge is 0.282 e. The number of hydrogen-bond acceptors (Lipinski definition) is 4. The van der Waals surface area contributed by atoms with Crippen molar-refractivity contribution in [3.05, 3.63) is 87.3 Å². The molecule has 3 aromatic rings. The number of fused-ring (bicyclic) bond motifs is 1. The fourth-order valence-corrected chi connectivity index (χ4v) is 2.79. The third kappa shape index (κ3) is 2.20. The van der Waals surface area contributed by atoms with Crippen LogP contribution in [-0.2, 0) is 0 Å². The molecule has 2 aromatic heterocycles. The highest BCUT2D eigenvalue weighted by Gasteiger charge is 2.26. The molecule has 0 N–H and O–H groups in total. The minimum absolute atomic E-state index is 0.169. The van der Waals surface area contributed by atoms with Crippen molar-refractivity contribution in [2.45, 2.75) is 5.92 Å². The Hall–Kier alpha value is -3.88. The van der Waals surface area contributed by atoms with Crippen molar-refractivity contribution in [3.63, 3.8) is 0 Å². The van der Waals surface area contributed by atoms with Crippen molar-refractivity contribution in [1.29, 1.82) is 15.8 Å². The van der Waals surface area contributed by atoms with Crippen molar-refractivity contribution < 1.29 is 0 Å². The molecule has 1 unspecified atom stereocenters. The van der Waals surface area contributed by atoms with E-state index in [2.05, 4.69) is 12.1 Å². The number of nitrogens with zero attached hydrogens (tertiary/aromatic N) is 4. The van der Waals surface area contributed by atoms with E-state index >= 15 is 0 Å². The first-order chi connectivity index (χ1) is 11.7. The van der Waals surface area contributed by atoms with Crippen LogP contribution in [0, 0.1) is 34.0 Å². The molecule has 3 rings (SSSR count). The van der Waals surface area contributed by atoms with Crippen LogP contribution in [0.15, 0.2) is 59.5 Å². The lowest BCUT2D eigenvalue weighted by Crippen LogP contribution is -2.22. The van der Waals surface area contributed by atoms with E-state index in [-0.39, 0.29) is 16.7 Å². The molecule has 112 valence electrons. The van der Waals surface area contributed by atoms with Crippen molar-refractivity contribution >= 4 is 5.52 Å². The third-order valence-electron chi connectivity index (χ3n) is 3.86. The van der Waals surface area contributed by atoms with E-state index in [1.54, 1.807) is 42.5 Å². The second-order valence-corrected chi connectivity index (χ2v) is 5.12. The number of benzene rings is 1. The molecule has 24 heavy (non-hydrogen) atoms. The fraction of sp³-hybridized carbons (Fsp3) is 0.0526. The van der Waals surface area contributed by atoms with Crippen LogP contribution in [0.5, 0.6) is 0 Å². The van der Waals surface area contributed by atoms with Gasteiger partial charge in [-0.25, -0.2) is 0 Å². The van der Waals surface area contributed by atoms with Gasteiger partial charge in [0, 0.05) is 11.8 Å². The van der Waals surface area contributed by atoms with Gasteiger partial charge in [-0.1, -0.05) is 36.4 Å². The Labute approximate surface area is 137 Å². The monoisotopic (exact) mass is 310 g/mol. The molecule has 5 heteroatoms. The second-order valence-electron chi connectivity index (χ2n) is 5.12. The quantitative estimate of drug-likeness (QED) is 0.727. The Morgan fingerprint density at radius 3 is 2.17 bits per heavy atom. The van der Waals surface area contributed by atoms with Gasteiger partial charge in [-0.05, 0) is 17.7 Å². The van der Waals surface area contributed by atoms with Crippen molar-refractivity contribution in [1.82, 2.24) is 4.40 Å². The maximum atomic E-state index is 12.6. The topological polar surface area (TPSA) is 92.8 Å². The number of rotatable bonds is 2. The molecule has 0 aliphatic heterocycles. The second kappa shape index (κ2) is 6.08. The molecule has 0 bridgehead atoms. The standard InChI is InChI=1S/C19H10N4O/c20-10-14(13-6-2-1-3-7-13)18-15(11-21)17-8-4-5-9-23(17)19(24)16(18)12-22/h1-9,14H. The zero-order chi connectivity index (χ0) is 17.1. The van der Waals surface area contributed by atoms with Crippen LogP contribution >= 0.6 is 0 Å². The number of nitriles is 3. The maximum absolute atomic E-state index is 12.6. The summed E-state index contributed by atoms with van der Waals surface area (Å²) >= 11 is 0. The normalized spacial score (nSPS) is 11.2. The molecule has 2 heterocycles. The van der Waals surface area contributed by atoms with Crippen LogP contribution in [0.4, 0.5) is 0 Å². The summed E-state index contributed by atoms with van der Waals surface area (Å²) < 4.78 is 1.26. The van der Waals surface area contributed by atoms with E-state index < -0.39 is 11.5 Å². The van der Waals surface area contributed by atoms with Gasteiger partial charge < -0.3 is 0 Å². The highest BCUT2D eigenvalue weighted by atomic mass is 16.1. The van der Waals surface area contributed by atoms with Gasteiger partial charge in [0.15, 0.2) is 0 Å². The first kappa shape index (κ1) is 15.0. The zero-order valence-corrected chi connectivity index (χ0v) is 12.5. The molecule has 0 amide bonds. The fourth-order valence-electron chi connectivity index (χ4n) is 2.79. The summed E-state index contributed by atoms with van der Waals surface area (Å²) in [6.45, 7) is 0. The molecule has 1 atom stereocenters. The number of hydrogen-bond donors (Lipinski definition) is 0. The lowest BCUT2D eigenvalue weighted by molar-refractivity contribution is 0.981. The van der Waals surface area contributed by atoms with Gasteiger partial charge in [0.2, 0.25) is 0 Å². The van der Waals surface area contributed by atoms with Crippen LogP contribution in [0.25, 0.3) is 5.52 Å². The molecule has 1 aromatic carbocycles. The van der Waals surface area contributed by atoms with E-state index in [0.717, 1.165) is 0 Å². The molecular weight excluding hydrogens is 300 g/mol. The van der Waals surface area contributed by atoms with Gasteiger partial charge >= 0.3 is 0 Å². The van der Waals surface area contributed by atoms with Gasteiger partial charge in [-0.2, -0.15) is 15.8 Å². The smallest absolute Gasteiger partial charge is 0.273 e. The number of pyridine rings is 2. The summed E-state index contributed by atoms with van der Waals surface area (Å²) in [5, 5.41) is 28.8. The molecular formula is C19H10N4O. The van der Waals surface area contributed by atoms with Crippen molar-refractivity contribution in [3.8, 4) is 18.2 Å². The van der Waals surface area contributed by atoms with Gasteiger partial charge in [0.05, 0.1) is 23.1 Å². The van der Waals surface area contributed by atoms with E-state index in [4.69, 9.17) is 0 Å². The summed E-state index contributed by atoms with van der Waals surface area (Å²) in [5.74, 6) is -0.867. The summed E-state index contributed by atoms with van der Waals surface area (Å²) in [7, 11) is 0. The summed E-state index contributed by atoms with van der Waals surface area (Å²) in [6, 6.07) is 19.9. The highest BCUT2D eigenvalue weighted by molar-refractivity contribution is 5.69. The Bertz CT molecular complexity index is 1110. The molecule has 0 saturated heterocycles. The molecule has 0 fully saturated rings. The summed E-state index contributed by atoms with van der Waals surface area (Å²) in [5.41, 5.74) is 0.652. The van der Waals surface area contributed by atoms with Crippen LogP contribution in [-0.4, -0.2) is 4.40 Å². The zero-order valence-electron chi connectivity index (χ0n) is 12.5. The Kier molecular flexibility index (Phi) is 3.81. The Morgan fingerprint density at radius 2 is 1.54 bits per heavy atom. The van der Waals surface area contributed by atoms with Crippen molar-refractivity contribution in [2.24, 2.45) is 0 Å². The number of aromatic nitrogens is 1.